The molecule has 0 saturated carbocycles. The van der Waals surface area contributed by atoms with E-state index in [0.717, 1.165) is 12.0 Å². The van der Waals surface area contributed by atoms with E-state index < -0.39 is 0 Å². The van der Waals surface area contributed by atoms with Gasteiger partial charge in [0.15, 0.2) is 0 Å². The predicted octanol–water partition coefficient (Wildman–Crippen LogP) is 7.66. The Morgan fingerprint density at radius 2 is 1.75 bits per heavy atom. The van der Waals surface area contributed by atoms with Crippen molar-refractivity contribution >= 4 is 21.9 Å². The molecule has 0 heterocycles. The molecular formula is C24H32. The van der Waals surface area contributed by atoms with Crippen molar-refractivity contribution in [3.8, 4) is 0 Å². The monoisotopic (exact) mass is 320 g/mol. The van der Waals surface area contributed by atoms with Crippen LogP contribution in [0.2, 0.25) is 0 Å². The van der Waals surface area contributed by atoms with E-state index >= 15 is 0 Å². The van der Waals surface area contributed by atoms with E-state index in [0.29, 0.717) is 5.92 Å². The molecule has 0 spiro atoms. The molecule has 1 unspecified atom stereocenters. The Balaban J connectivity index is 2.54. The minimum atomic E-state index is 0.519. The first-order chi connectivity index (χ1) is 11.5. The van der Waals surface area contributed by atoms with Crippen molar-refractivity contribution < 1.29 is 0 Å². The lowest BCUT2D eigenvalue weighted by atomic mass is 9.84. The number of unbranched alkanes of at least 4 members (excludes halogenated alkanes) is 2. The summed E-state index contributed by atoms with van der Waals surface area (Å²) in [7, 11) is 0. The van der Waals surface area contributed by atoms with Crippen LogP contribution in [0.5, 0.6) is 0 Å². The molecule has 128 valence electrons. The van der Waals surface area contributed by atoms with Gasteiger partial charge in [-0.05, 0) is 58.7 Å². The summed E-state index contributed by atoms with van der Waals surface area (Å²) in [5.41, 5.74) is 6.38. The number of aryl methyl sites for hydroxylation is 1. The molecule has 0 aromatic heterocycles. The number of rotatable bonds is 8. The molecule has 2 aromatic rings. The molecule has 24 heavy (non-hydrogen) atoms. The molecule has 0 amide bonds. The zero-order valence-corrected chi connectivity index (χ0v) is 15.9. The Bertz CT molecular complexity index is 733. The lowest BCUT2D eigenvalue weighted by Crippen LogP contribution is -2.01. The highest BCUT2D eigenvalue weighted by molar-refractivity contribution is 6.02. The van der Waals surface area contributed by atoms with Crippen molar-refractivity contribution in [1.29, 1.82) is 0 Å². The van der Waals surface area contributed by atoms with Crippen molar-refractivity contribution in [2.24, 2.45) is 5.92 Å². The lowest BCUT2D eigenvalue weighted by Gasteiger charge is -2.20. The molecule has 0 fully saturated rings. The molecule has 0 N–H and O–H groups in total. The molecule has 0 aliphatic carbocycles. The number of benzene rings is 2. The van der Waals surface area contributed by atoms with Gasteiger partial charge in [0.25, 0.3) is 0 Å². The maximum atomic E-state index is 4.48. The minimum Gasteiger partial charge on any atom is -0.0955 e. The standard InChI is InChI=1S/C24H32/c1-7-9-10-12-18(5)19(6)22-16-15-20(8-2)23-14-11-13-21(17(3)4)24(22)23/h11,13-16,18H,3,6-10,12H2,1-2,4-5H3. The fourth-order valence-electron chi connectivity index (χ4n) is 3.54. The van der Waals surface area contributed by atoms with Crippen molar-refractivity contribution in [2.45, 2.75) is 59.8 Å². The maximum absolute atomic E-state index is 4.48. The van der Waals surface area contributed by atoms with Crippen LogP contribution in [-0.2, 0) is 6.42 Å². The molecule has 2 aromatic carbocycles. The second kappa shape index (κ2) is 8.33. The fourth-order valence-corrected chi connectivity index (χ4v) is 3.54. The van der Waals surface area contributed by atoms with Crippen LogP contribution in [0, 0.1) is 5.92 Å². The van der Waals surface area contributed by atoms with Gasteiger partial charge in [-0.15, -0.1) is 0 Å². The van der Waals surface area contributed by atoms with Gasteiger partial charge in [-0.1, -0.05) is 89.1 Å². The van der Waals surface area contributed by atoms with Crippen LogP contribution in [0.25, 0.3) is 21.9 Å². The van der Waals surface area contributed by atoms with Crippen LogP contribution in [0.15, 0.2) is 43.5 Å². The van der Waals surface area contributed by atoms with E-state index in [1.165, 1.54) is 58.7 Å². The second-order valence-electron chi connectivity index (χ2n) is 7.06. The molecule has 1 atom stereocenters. The van der Waals surface area contributed by atoms with Crippen LogP contribution in [0.3, 0.4) is 0 Å². The molecule has 0 aliphatic rings. The highest BCUT2D eigenvalue weighted by Gasteiger charge is 2.15. The Kier molecular flexibility index (Phi) is 6.43. The second-order valence-corrected chi connectivity index (χ2v) is 7.06. The van der Waals surface area contributed by atoms with Gasteiger partial charge in [0.05, 0.1) is 0 Å². The van der Waals surface area contributed by atoms with E-state index in [1.54, 1.807) is 0 Å². The minimum absolute atomic E-state index is 0.519. The van der Waals surface area contributed by atoms with Crippen molar-refractivity contribution in [2.75, 3.05) is 0 Å². The Labute approximate surface area is 148 Å². The van der Waals surface area contributed by atoms with Gasteiger partial charge in [-0.3, -0.25) is 0 Å². The van der Waals surface area contributed by atoms with Crippen LogP contribution in [0.1, 0.15) is 70.1 Å². The van der Waals surface area contributed by atoms with Gasteiger partial charge in [-0.25, -0.2) is 0 Å². The number of hydrogen-bond donors (Lipinski definition) is 0. The average Bonchev–Trinajstić information content (AvgIpc) is 2.59. The Morgan fingerprint density at radius 1 is 1.00 bits per heavy atom. The van der Waals surface area contributed by atoms with E-state index in [2.05, 4.69) is 71.2 Å². The van der Waals surface area contributed by atoms with E-state index in [1.807, 2.05) is 0 Å². The summed E-state index contributed by atoms with van der Waals surface area (Å²) in [4.78, 5) is 0. The molecule has 0 bridgehead atoms. The highest BCUT2D eigenvalue weighted by Crippen LogP contribution is 2.36. The van der Waals surface area contributed by atoms with Crippen molar-refractivity contribution in [3.63, 3.8) is 0 Å². The van der Waals surface area contributed by atoms with Gasteiger partial charge in [0, 0.05) is 0 Å². The Morgan fingerprint density at radius 3 is 2.38 bits per heavy atom. The SMILES string of the molecule is C=C(C)c1cccc2c(CC)ccc(C(=C)C(C)CCCCC)c12. The van der Waals surface area contributed by atoms with Crippen molar-refractivity contribution in [3.05, 3.63) is 60.2 Å². The Hall–Kier alpha value is -1.82. The number of fused-ring (bicyclic) bond motifs is 1. The summed E-state index contributed by atoms with van der Waals surface area (Å²) in [6.07, 6.45) is 6.14. The summed E-state index contributed by atoms with van der Waals surface area (Å²) >= 11 is 0. The molecule has 0 radical (unpaired) electrons. The summed E-state index contributed by atoms with van der Waals surface area (Å²) in [6.45, 7) is 17.6. The van der Waals surface area contributed by atoms with Crippen LogP contribution in [0.4, 0.5) is 0 Å². The quantitative estimate of drug-likeness (QED) is 0.438. The summed E-state index contributed by atoms with van der Waals surface area (Å²) in [6, 6.07) is 11.2. The molecular weight excluding hydrogens is 288 g/mol. The van der Waals surface area contributed by atoms with Crippen LogP contribution in [-0.4, -0.2) is 0 Å². The molecule has 0 heteroatoms. The predicted molar refractivity (Wildman–Crippen MR) is 110 cm³/mol. The molecule has 0 aliphatic heterocycles. The molecule has 2 rings (SSSR count). The van der Waals surface area contributed by atoms with Gasteiger partial charge in [0.1, 0.15) is 0 Å². The molecule has 0 saturated heterocycles. The first kappa shape index (κ1) is 18.5. The third-order valence-corrected chi connectivity index (χ3v) is 5.15. The third kappa shape index (κ3) is 3.80. The summed E-state index contributed by atoms with van der Waals surface area (Å²) < 4.78 is 0. The van der Waals surface area contributed by atoms with Gasteiger partial charge >= 0.3 is 0 Å². The summed E-state index contributed by atoms with van der Waals surface area (Å²) in [5, 5.41) is 2.70. The topological polar surface area (TPSA) is 0 Å². The van der Waals surface area contributed by atoms with Gasteiger partial charge in [0.2, 0.25) is 0 Å². The van der Waals surface area contributed by atoms with Crippen LogP contribution < -0.4 is 0 Å². The normalized spacial score (nSPS) is 12.3. The third-order valence-electron chi connectivity index (χ3n) is 5.15. The van der Waals surface area contributed by atoms with Crippen molar-refractivity contribution in [1.82, 2.24) is 0 Å². The van der Waals surface area contributed by atoms with E-state index in [9.17, 15) is 0 Å². The lowest BCUT2D eigenvalue weighted by molar-refractivity contribution is 0.587. The highest BCUT2D eigenvalue weighted by atomic mass is 14.2. The first-order valence-corrected chi connectivity index (χ1v) is 9.40. The number of hydrogen-bond acceptors (Lipinski definition) is 0. The van der Waals surface area contributed by atoms with Gasteiger partial charge in [-0.2, -0.15) is 0 Å². The molecule has 0 nitrogen and oxygen atoms in total. The maximum Gasteiger partial charge on any atom is -0.00310 e. The zero-order chi connectivity index (χ0) is 17.7. The average molecular weight is 321 g/mol. The van der Waals surface area contributed by atoms with E-state index in [4.69, 9.17) is 0 Å². The van der Waals surface area contributed by atoms with E-state index in [-0.39, 0.29) is 0 Å². The van der Waals surface area contributed by atoms with Gasteiger partial charge < -0.3 is 0 Å². The smallest absolute Gasteiger partial charge is 0.00310 e. The van der Waals surface area contributed by atoms with Crippen LogP contribution >= 0.6 is 0 Å². The first-order valence-electron chi connectivity index (χ1n) is 9.40. The summed E-state index contributed by atoms with van der Waals surface area (Å²) in [5.74, 6) is 0.519. The largest absolute Gasteiger partial charge is 0.0955 e. The fraction of sp³-hybridized carbons (Fsp3) is 0.417. The number of allylic oxidation sites excluding steroid dienone is 2. The zero-order valence-electron chi connectivity index (χ0n) is 15.9.